The summed E-state index contributed by atoms with van der Waals surface area (Å²) in [6.07, 6.45) is 1.09. The lowest BCUT2D eigenvalue weighted by Crippen LogP contribution is -2.30. The highest BCUT2D eigenvalue weighted by Gasteiger charge is 2.13. The van der Waals surface area contributed by atoms with Crippen molar-refractivity contribution in [1.82, 2.24) is 4.90 Å². The van der Waals surface area contributed by atoms with Gasteiger partial charge in [0.2, 0.25) is 0 Å². The quantitative estimate of drug-likeness (QED) is 0.796. The molecule has 18 heavy (non-hydrogen) atoms. The highest BCUT2D eigenvalue weighted by atomic mass is 19.1. The fourth-order valence-corrected chi connectivity index (χ4v) is 2.09. The zero-order valence-electron chi connectivity index (χ0n) is 11.6. The van der Waals surface area contributed by atoms with Crippen molar-refractivity contribution in [3.05, 3.63) is 35.1 Å². The fourth-order valence-electron chi connectivity index (χ4n) is 2.09. The smallest absolute Gasteiger partial charge is 0.123 e. The van der Waals surface area contributed by atoms with Gasteiger partial charge in [-0.2, -0.15) is 5.26 Å². The monoisotopic (exact) mass is 248 g/mol. The molecule has 98 valence electrons. The van der Waals surface area contributed by atoms with Gasteiger partial charge in [0, 0.05) is 12.6 Å². The largest absolute Gasteiger partial charge is 0.299 e. The molecule has 1 unspecified atom stereocenters. The van der Waals surface area contributed by atoms with Gasteiger partial charge in [0.25, 0.3) is 0 Å². The summed E-state index contributed by atoms with van der Waals surface area (Å²) in [7, 11) is 2.01. The maximum Gasteiger partial charge on any atom is 0.123 e. The van der Waals surface area contributed by atoms with Crippen LogP contribution in [0.1, 0.15) is 38.3 Å². The Morgan fingerprint density at radius 3 is 2.56 bits per heavy atom. The molecule has 0 radical (unpaired) electrons. The van der Waals surface area contributed by atoms with Crippen molar-refractivity contribution in [3.63, 3.8) is 0 Å². The van der Waals surface area contributed by atoms with Crippen molar-refractivity contribution in [2.45, 2.75) is 39.8 Å². The standard InChI is InChI=1S/C15H21FN2/c1-11(2)7-12(3)18(4)10-14-8-15(16)6-5-13(14)9-17/h5-6,8,11-12H,7,10H2,1-4H3. The van der Waals surface area contributed by atoms with Crippen LogP contribution in [-0.2, 0) is 6.54 Å². The molecule has 1 aromatic carbocycles. The Morgan fingerprint density at radius 2 is 2.00 bits per heavy atom. The van der Waals surface area contributed by atoms with Gasteiger partial charge in [-0.3, -0.25) is 4.90 Å². The number of nitrogens with zero attached hydrogens (tertiary/aromatic N) is 2. The minimum Gasteiger partial charge on any atom is -0.299 e. The van der Waals surface area contributed by atoms with E-state index in [1.165, 1.54) is 12.1 Å². The number of benzene rings is 1. The molecule has 0 amide bonds. The maximum absolute atomic E-state index is 13.2. The van der Waals surface area contributed by atoms with Gasteiger partial charge in [-0.15, -0.1) is 0 Å². The zero-order chi connectivity index (χ0) is 13.7. The van der Waals surface area contributed by atoms with Gasteiger partial charge in [-0.25, -0.2) is 4.39 Å². The van der Waals surface area contributed by atoms with E-state index in [0.717, 1.165) is 12.0 Å². The number of halogens is 1. The topological polar surface area (TPSA) is 27.0 Å². The second-order valence-corrected chi connectivity index (χ2v) is 5.31. The molecule has 0 aliphatic rings. The van der Waals surface area contributed by atoms with Crippen LogP contribution in [0.5, 0.6) is 0 Å². The van der Waals surface area contributed by atoms with Gasteiger partial charge < -0.3 is 0 Å². The van der Waals surface area contributed by atoms with E-state index in [0.29, 0.717) is 24.1 Å². The Morgan fingerprint density at radius 1 is 1.33 bits per heavy atom. The Kier molecular flexibility index (Phi) is 5.30. The van der Waals surface area contributed by atoms with E-state index in [-0.39, 0.29) is 5.82 Å². The van der Waals surface area contributed by atoms with Gasteiger partial charge in [0.05, 0.1) is 11.6 Å². The lowest BCUT2D eigenvalue weighted by atomic mass is 10.0. The van der Waals surface area contributed by atoms with Gasteiger partial charge in [-0.1, -0.05) is 13.8 Å². The average molecular weight is 248 g/mol. The van der Waals surface area contributed by atoms with Crippen molar-refractivity contribution in [3.8, 4) is 6.07 Å². The molecule has 1 atom stereocenters. The van der Waals surface area contributed by atoms with E-state index in [1.54, 1.807) is 6.07 Å². The van der Waals surface area contributed by atoms with Gasteiger partial charge in [-0.05, 0) is 50.1 Å². The van der Waals surface area contributed by atoms with Crippen molar-refractivity contribution >= 4 is 0 Å². The first-order valence-corrected chi connectivity index (χ1v) is 6.32. The molecule has 0 fully saturated rings. The second-order valence-electron chi connectivity index (χ2n) is 5.31. The van der Waals surface area contributed by atoms with Crippen molar-refractivity contribution < 1.29 is 4.39 Å². The molecule has 0 aromatic heterocycles. The first-order valence-electron chi connectivity index (χ1n) is 6.32. The number of nitriles is 1. The van der Waals surface area contributed by atoms with E-state index in [9.17, 15) is 4.39 Å². The van der Waals surface area contributed by atoms with Crippen LogP contribution in [0.4, 0.5) is 4.39 Å². The van der Waals surface area contributed by atoms with E-state index in [1.807, 2.05) is 7.05 Å². The van der Waals surface area contributed by atoms with Gasteiger partial charge >= 0.3 is 0 Å². The van der Waals surface area contributed by atoms with E-state index >= 15 is 0 Å². The second kappa shape index (κ2) is 6.51. The molecule has 3 heteroatoms. The van der Waals surface area contributed by atoms with Crippen molar-refractivity contribution in [2.75, 3.05) is 7.05 Å². The highest BCUT2D eigenvalue weighted by Crippen LogP contribution is 2.16. The Balaban J connectivity index is 2.78. The summed E-state index contributed by atoms with van der Waals surface area (Å²) >= 11 is 0. The lowest BCUT2D eigenvalue weighted by molar-refractivity contribution is 0.220. The predicted octanol–water partition coefficient (Wildman–Crippen LogP) is 3.56. The fraction of sp³-hybridized carbons (Fsp3) is 0.533. The first kappa shape index (κ1) is 14.7. The third kappa shape index (κ3) is 4.12. The van der Waals surface area contributed by atoms with Crippen LogP contribution >= 0.6 is 0 Å². The van der Waals surface area contributed by atoms with Crippen LogP contribution in [-0.4, -0.2) is 18.0 Å². The summed E-state index contributed by atoms with van der Waals surface area (Å²) in [5, 5.41) is 9.02. The SMILES string of the molecule is CC(C)CC(C)N(C)Cc1cc(F)ccc1C#N. The molecular formula is C15H21FN2. The minimum absolute atomic E-state index is 0.283. The van der Waals surface area contributed by atoms with Crippen LogP contribution in [0.25, 0.3) is 0 Å². The molecule has 0 aliphatic carbocycles. The minimum atomic E-state index is -0.283. The van der Waals surface area contributed by atoms with Crippen LogP contribution in [0.2, 0.25) is 0 Å². The molecule has 0 saturated heterocycles. The molecule has 1 rings (SSSR count). The highest BCUT2D eigenvalue weighted by molar-refractivity contribution is 5.37. The molecule has 0 saturated carbocycles. The van der Waals surface area contributed by atoms with E-state index in [2.05, 4.69) is 31.7 Å². The molecule has 0 bridgehead atoms. The number of hydrogen-bond acceptors (Lipinski definition) is 2. The number of rotatable bonds is 5. The molecular weight excluding hydrogens is 227 g/mol. The zero-order valence-corrected chi connectivity index (χ0v) is 11.6. The van der Waals surface area contributed by atoms with Crippen LogP contribution in [0.15, 0.2) is 18.2 Å². The van der Waals surface area contributed by atoms with Gasteiger partial charge in [0.15, 0.2) is 0 Å². The third-order valence-corrected chi connectivity index (χ3v) is 3.17. The third-order valence-electron chi connectivity index (χ3n) is 3.17. The Hall–Kier alpha value is -1.40. The van der Waals surface area contributed by atoms with Crippen molar-refractivity contribution in [1.29, 1.82) is 5.26 Å². The number of hydrogen-bond donors (Lipinski definition) is 0. The van der Waals surface area contributed by atoms with Crippen LogP contribution in [0.3, 0.4) is 0 Å². The normalized spacial score (nSPS) is 12.8. The maximum atomic E-state index is 13.2. The van der Waals surface area contributed by atoms with E-state index in [4.69, 9.17) is 5.26 Å². The van der Waals surface area contributed by atoms with Gasteiger partial charge in [0.1, 0.15) is 5.82 Å². The summed E-state index contributed by atoms with van der Waals surface area (Å²) < 4.78 is 13.2. The van der Waals surface area contributed by atoms with Crippen molar-refractivity contribution in [2.24, 2.45) is 5.92 Å². The summed E-state index contributed by atoms with van der Waals surface area (Å²) in [5.41, 5.74) is 1.32. The molecule has 0 aliphatic heterocycles. The average Bonchev–Trinajstić information content (AvgIpc) is 2.28. The molecule has 0 N–H and O–H groups in total. The molecule has 0 spiro atoms. The lowest BCUT2D eigenvalue weighted by Gasteiger charge is -2.26. The first-order chi connectivity index (χ1) is 8.43. The summed E-state index contributed by atoms with van der Waals surface area (Å²) in [6, 6.07) is 6.87. The van der Waals surface area contributed by atoms with E-state index < -0.39 is 0 Å². The molecule has 1 aromatic rings. The Labute approximate surface area is 109 Å². The van der Waals surface area contributed by atoms with Crippen LogP contribution in [0, 0.1) is 23.1 Å². The summed E-state index contributed by atoms with van der Waals surface area (Å²) in [5.74, 6) is 0.347. The summed E-state index contributed by atoms with van der Waals surface area (Å²) in [4.78, 5) is 2.16. The molecule has 2 nitrogen and oxygen atoms in total. The summed E-state index contributed by atoms with van der Waals surface area (Å²) in [6.45, 7) is 7.14. The Bertz CT molecular complexity index is 435. The van der Waals surface area contributed by atoms with Crippen LogP contribution < -0.4 is 0 Å². The molecule has 0 heterocycles. The predicted molar refractivity (Wildman–Crippen MR) is 71.5 cm³/mol.